The molecule has 1 heterocycles. The Balaban J connectivity index is 2.26. The van der Waals surface area contributed by atoms with Gasteiger partial charge >= 0.3 is 0 Å². The second-order valence-corrected chi connectivity index (χ2v) is 6.12. The molecule has 1 rings (SSSR count). The van der Waals surface area contributed by atoms with Crippen molar-refractivity contribution in [3.63, 3.8) is 0 Å². The Kier molecular flexibility index (Phi) is 5.41. The zero-order valence-electron chi connectivity index (χ0n) is 11.8. The number of amidine groups is 1. The molecule has 1 aliphatic rings. The van der Waals surface area contributed by atoms with E-state index in [2.05, 4.69) is 17.4 Å². The molecule has 0 aromatic heterocycles. The summed E-state index contributed by atoms with van der Waals surface area (Å²) in [6.07, 6.45) is 4.18. The first-order valence-electron chi connectivity index (χ1n) is 6.70. The molecule has 1 fully saturated rings. The minimum absolute atomic E-state index is 0.110. The van der Waals surface area contributed by atoms with Gasteiger partial charge in [-0.25, -0.2) is 0 Å². The molecule has 1 unspecified atom stereocenters. The van der Waals surface area contributed by atoms with Crippen LogP contribution in [0.1, 0.15) is 46.5 Å². The Hall–Kier alpha value is -0.810. The fraction of sp³-hybridized carbons (Fsp3) is 0.923. The van der Waals surface area contributed by atoms with Gasteiger partial charge in [-0.05, 0) is 39.2 Å². The van der Waals surface area contributed by atoms with Crippen LogP contribution in [0.5, 0.6) is 0 Å². The van der Waals surface area contributed by atoms with Crippen LogP contribution in [0.4, 0.5) is 0 Å². The van der Waals surface area contributed by atoms with Crippen molar-refractivity contribution in [3.8, 4) is 0 Å². The first-order valence-corrected chi connectivity index (χ1v) is 6.70. The normalized spacial score (nSPS) is 26.3. The van der Waals surface area contributed by atoms with Gasteiger partial charge in [0.05, 0.1) is 6.61 Å². The number of nitrogens with zero attached hydrogens (tertiary/aromatic N) is 1. The Bertz CT molecular complexity index is 284. The molecule has 0 bridgehead atoms. The minimum atomic E-state index is -0.250. The van der Waals surface area contributed by atoms with Crippen molar-refractivity contribution in [2.75, 3.05) is 19.8 Å². The summed E-state index contributed by atoms with van der Waals surface area (Å²) in [5, 5.41) is 15.4. The number of nitrogens with two attached hydrogens (primary N) is 1. The second-order valence-electron chi connectivity index (χ2n) is 6.12. The third-order valence-electron chi connectivity index (χ3n) is 3.77. The highest BCUT2D eigenvalue weighted by atomic mass is 16.5. The van der Waals surface area contributed by atoms with Crippen molar-refractivity contribution >= 4 is 5.84 Å². The summed E-state index contributed by atoms with van der Waals surface area (Å²) in [4.78, 5) is 0. The van der Waals surface area contributed by atoms with Crippen molar-refractivity contribution in [2.45, 2.75) is 52.0 Å². The SMILES string of the molecule is CC1(NCCCC(C)(C)C(N)=NO)CCCOC1. The van der Waals surface area contributed by atoms with E-state index in [4.69, 9.17) is 15.7 Å². The van der Waals surface area contributed by atoms with Crippen LogP contribution >= 0.6 is 0 Å². The summed E-state index contributed by atoms with van der Waals surface area (Å²) in [5.74, 6) is 0.301. The lowest BCUT2D eigenvalue weighted by atomic mass is 9.86. The van der Waals surface area contributed by atoms with E-state index in [9.17, 15) is 0 Å². The molecular weight excluding hydrogens is 230 g/mol. The predicted octanol–water partition coefficient (Wildman–Crippen LogP) is 1.70. The highest BCUT2D eigenvalue weighted by molar-refractivity contribution is 5.85. The van der Waals surface area contributed by atoms with Crippen molar-refractivity contribution in [1.29, 1.82) is 0 Å². The van der Waals surface area contributed by atoms with Crippen LogP contribution in [-0.4, -0.2) is 36.3 Å². The van der Waals surface area contributed by atoms with Gasteiger partial charge in [-0.2, -0.15) is 0 Å². The lowest BCUT2D eigenvalue weighted by Gasteiger charge is -2.35. The third-order valence-corrected chi connectivity index (χ3v) is 3.77. The van der Waals surface area contributed by atoms with Crippen LogP contribution in [0.3, 0.4) is 0 Å². The van der Waals surface area contributed by atoms with E-state index in [1.54, 1.807) is 0 Å². The molecular formula is C13H27N3O2. The highest BCUT2D eigenvalue weighted by Crippen LogP contribution is 2.23. The largest absolute Gasteiger partial charge is 0.409 e. The monoisotopic (exact) mass is 257 g/mol. The number of nitrogens with one attached hydrogen (secondary N) is 1. The summed E-state index contributed by atoms with van der Waals surface area (Å²) >= 11 is 0. The molecule has 1 aliphatic heterocycles. The van der Waals surface area contributed by atoms with Crippen LogP contribution in [0.2, 0.25) is 0 Å². The molecule has 0 amide bonds. The van der Waals surface area contributed by atoms with E-state index in [0.29, 0.717) is 5.84 Å². The quantitative estimate of drug-likeness (QED) is 0.222. The lowest BCUT2D eigenvalue weighted by molar-refractivity contribution is 0.0284. The number of ether oxygens (including phenoxy) is 1. The van der Waals surface area contributed by atoms with E-state index in [1.807, 2.05) is 13.8 Å². The van der Waals surface area contributed by atoms with Crippen molar-refractivity contribution < 1.29 is 9.94 Å². The molecule has 1 saturated heterocycles. The van der Waals surface area contributed by atoms with E-state index in [-0.39, 0.29) is 11.0 Å². The summed E-state index contributed by atoms with van der Waals surface area (Å²) in [5.41, 5.74) is 5.52. The molecule has 0 spiro atoms. The molecule has 18 heavy (non-hydrogen) atoms. The minimum Gasteiger partial charge on any atom is -0.409 e. The molecule has 5 heteroatoms. The van der Waals surface area contributed by atoms with Crippen LogP contribution in [0.15, 0.2) is 5.16 Å². The molecule has 0 aromatic carbocycles. The number of rotatable bonds is 6. The van der Waals surface area contributed by atoms with E-state index in [1.165, 1.54) is 0 Å². The average Bonchev–Trinajstić information content (AvgIpc) is 2.34. The summed E-state index contributed by atoms with van der Waals surface area (Å²) in [7, 11) is 0. The first kappa shape index (κ1) is 15.2. The van der Waals surface area contributed by atoms with Gasteiger partial charge in [0.15, 0.2) is 0 Å². The Morgan fingerprint density at radius 3 is 2.83 bits per heavy atom. The zero-order valence-corrected chi connectivity index (χ0v) is 11.8. The maximum absolute atomic E-state index is 8.70. The Morgan fingerprint density at radius 1 is 1.56 bits per heavy atom. The van der Waals surface area contributed by atoms with Gasteiger partial charge in [0.25, 0.3) is 0 Å². The standard InChI is InChI=1S/C13H27N3O2/c1-12(2,11(14)16-17)6-4-8-15-13(3)7-5-9-18-10-13/h15,17H,4-10H2,1-3H3,(H2,14,16). The summed E-state index contributed by atoms with van der Waals surface area (Å²) in [6, 6.07) is 0. The van der Waals surface area contributed by atoms with Crippen LogP contribution in [0.25, 0.3) is 0 Å². The third kappa shape index (κ3) is 4.46. The van der Waals surface area contributed by atoms with E-state index < -0.39 is 0 Å². The molecule has 0 aliphatic carbocycles. The highest BCUT2D eigenvalue weighted by Gasteiger charge is 2.27. The maximum Gasteiger partial charge on any atom is 0.144 e. The number of hydrogen-bond acceptors (Lipinski definition) is 4. The van der Waals surface area contributed by atoms with Gasteiger partial charge < -0.3 is 21.0 Å². The molecule has 0 aromatic rings. The van der Waals surface area contributed by atoms with Crippen LogP contribution < -0.4 is 11.1 Å². The van der Waals surface area contributed by atoms with Gasteiger partial charge in [-0.3, -0.25) is 0 Å². The Morgan fingerprint density at radius 2 is 2.28 bits per heavy atom. The fourth-order valence-corrected chi connectivity index (χ4v) is 2.26. The molecule has 4 N–H and O–H groups in total. The van der Waals surface area contributed by atoms with Crippen molar-refractivity contribution in [3.05, 3.63) is 0 Å². The second kappa shape index (κ2) is 6.38. The van der Waals surface area contributed by atoms with Crippen LogP contribution in [-0.2, 0) is 4.74 Å². The Labute approximate surface area is 110 Å². The van der Waals surface area contributed by atoms with Crippen molar-refractivity contribution in [1.82, 2.24) is 5.32 Å². The van der Waals surface area contributed by atoms with Gasteiger partial charge in [0.2, 0.25) is 0 Å². The lowest BCUT2D eigenvalue weighted by Crippen LogP contribution is -2.49. The van der Waals surface area contributed by atoms with Gasteiger partial charge in [0.1, 0.15) is 5.84 Å². The van der Waals surface area contributed by atoms with Crippen LogP contribution in [0, 0.1) is 5.41 Å². The number of oxime groups is 1. The van der Waals surface area contributed by atoms with Gasteiger partial charge in [0, 0.05) is 17.6 Å². The molecule has 5 nitrogen and oxygen atoms in total. The summed E-state index contributed by atoms with van der Waals surface area (Å²) in [6.45, 7) is 8.80. The topological polar surface area (TPSA) is 79.9 Å². The molecule has 1 atom stereocenters. The fourth-order valence-electron chi connectivity index (χ4n) is 2.26. The van der Waals surface area contributed by atoms with Gasteiger partial charge in [-0.1, -0.05) is 19.0 Å². The summed E-state index contributed by atoms with van der Waals surface area (Å²) < 4.78 is 5.50. The molecule has 0 saturated carbocycles. The van der Waals surface area contributed by atoms with Crippen molar-refractivity contribution in [2.24, 2.45) is 16.3 Å². The average molecular weight is 257 g/mol. The molecule has 0 radical (unpaired) electrons. The number of hydrogen-bond donors (Lipinski definition) is 3. The first-order chi connectivity index (χ1) is 8.40. The van der Waals surface area contributed by atoms with E-state index >= 15 is 0 Å². The smallest absolute Gasteiger partial charge is 0.144 e. The predicted molar refractivity (Wildman–Crippen MR) is 72.9 cm³/mol. The zero-order chi connectivity index (χ0) is 13.6. The van der Waals surface area contributed by atoms with Gasteiger partial charge in [-0.15, -0.1) is 0 Å². The van der Waals surface area contributed by atoms with E-state index in [0.717, 1.165) is 45.4 Å². The molecule has 106 valence electrons. The maximum atomic E-state index is 8.70.